The number of amides is 1. The van der Waals surface area contributed by atoms with Crippen molar-refractivity contribution in [1.82, 2.24) is 19.4 Å². The molecule has 4 rings (SSSR count). The van der Waals surface area contributed by atoms with Crippen molar-refractivity contribution in [1.29, 1.82) is 0 Å². The molecule has 0 saturated carbocycles. The summed E-state index contributed by atoms with van der Waals surface area (Å²) < 4.78 is 1.92. The third-order valence-corrected chi connectivity index (χ3v) is 5.21. The molecule has 0 radical (unpaired) electrons. The minimum atomic E-state index is 0.178. The van der Waals surface area contributed by atoms with Gasteiger partial charge in [-0.15, -0.1) is 0 Å². The summed E-state index contributed by atoms with van der Waals surface area (Å²) in [5.41, 5.74) is 0. The number of carbonyl (C=O) groups excluding carboxylic acids is 1. The normalized spacial score (nSPS) is 18.2. The fourth-order valence-electron chi connectivity index (χ4n) is 3.68. The molecule has 138 valence electrons. The highest BCUT2D eigenvalue weighted by Crippen LogP contribution is 2.20. The van der Waals surface area contributed by atoms with Gasteiger partial charge in [0.2, 0.25) is 11.9 Å². The van der Waals surface area contributed by atoms with Crippen molar-refractivity contribution >= 4 is 17.7 Å². The lowest BCUT2D eigenvalue weighted by Crippen LogP contribution is -2.49. The molecule has 2 aromatic heterocycles. The second kappa shape index (κ2) is 7.76. The first kappa shape index (κ1) is 16.9. The van der Waals surface area contributed by atoms with Gasteiger partial charge in [-0.2, -0.15) is 4.98 Å². The van der Waals surface area contributed by atoms with Crippen LogP contribution in [0, 0.1) is 0 Å². The minimum Gasteiger partial charge on any atom is -0.353 e. The van der Waals surface area contributed by atoms with Crippen LogP contribution < -0.4 is 9.80 Å². The molecule has 4 heterocycles. The first-order chi connectivity index (χ1) is 12.8. The van der Waals surface area contributed by atoms with Gasteiger partial charge in [-0.3, -0.25) is 4.79 Å². The Labute approximate surface area is 154 Å². The number of carbonyl (C=O) groups is 1. The molecule has 0 spiro atoms. The molecule has 1 amide bonds. The molecular formula is C19H26N6O. The average molecular weight is 354 g/mol. The number of aromatic nitrogens is 3. The second-order valence-corrected chi connectivity index (χ2v) is 6.99. The lowest BCUT2D eigenvalue weighted by Gasteiger charge is -2.36. The van der Waals surface area contributed by atoms with Crippen molar-refractivity contribution in [2.75, 3.05) is 49.1 Å². The first-order valence-corrected chi connectivity index (χ1v) is 9.51. The van der Waals surface area contributed by atoms with Crippen LogP contribution in [0.2, 0.25) is 0 Å². The van der Waals surface area contributed by atoms with E-state index in [1.165, 1.54) is 19.3 Å². The second-order valence-electron chi connectivity index (χ2n) is 6.99. The van der Waals surface area contributed by atoms with Gasteiger partial charge in [-0.1, -0.05) is 0 Å². The van der Waals surface area contributed by atoms with Crippen molar-refractivity contribution < 1.29 is 4.79 Å². The molecule has 7 nitrogen and oxygen atoms in total. The molecule has 0 aliphatic carbocycles. The van der Waals surface area contributed by atoms with E-state index >= 15 is 0 Å². The van der Waals surface area contributed by atoms with E-state index in [2.05, 4.69) is 14.8 Å². The predicted octanol–water partition coefficient (Wildman–Crippen LogP) is 1.62. The number of hydrogen-bond acceptors (Lipinski definition) is 5. The molecule has 0 atom stereocenters. The van der Waals surface area contributed by atoms with Gasteiger partial charge in [0, 0.05) is 57.9 Å². The molecule has 26 heavy (non-hydrogen) atoms. The fourth-order valence-corrected chi connectivity index (χ4v) is 3.68. The Morgan fingerprint density at radius 2 is 1.65 bits per heavy atom. The van der Waals surface area contributed by atoms with Gasteiger partial charge < -0.3 is 19.3 Å². The van der Waals surface area contributed by atoms with E-state index in [0.717, 1.165) is 51.0 Å². The lowest BCUT2D eigenvalue weighted by atomic mass is 10.1. The van der Waals surface area contributed by atoms with Crippen LogP contribution >= 0.6 is 0 Å². The van der Waals surface area contributed by atoms with E-state index in [1.54, 1.807) is 0 Å². The van der Waals surface area contributed by atoms with Gasteiger partial charge in [0.15, 0.2) is 0 Å². The van der Waals surface area contributed by atoms with Gasteiger partial charge in [0.1, 0.15) is 12.4 Å². The van der Waals surface area contributed by atoms with Crippen molar-refractivity contribution in [3.05, 3.63) is 36.8 Å². The van der Waals surface area contributed by atoms with Crippen LogP contribution in [0.5, 0.6) is 0 Å². The molecule has 2 aliphatic rings. The van der Waals surface area contributed by atoms with Crippen LogP contribution in [0.15, 0.2) is 36.8 Å². The maximum atomic E-state index is 12.4. The third-order valence-electron chi connectivity index (χ3n) is 5.21. The van der Waals surface area contributed by atoms with Crippen LogP contribution in [0.1, 0.15) is 19.3 Å². The fraction of sp³-hybridized carbons (Fsp3) is 0.526. The Morgan fingerprint density at radius 3 is 2.38 bits per heavy atom. The summed E-state index contributed by atoms with van der Waals surface area (Å²) >= 11 is 0. The maximum absolute atomic E-state index is 12.4. The number of hydrogen-bond donors (Lipinski definition) is 0. The summed E-state index contributed by atoms with van der Waals surface area (Å²) in [4.78, 5) is 28.2. The molecule has 0 unspecified atom stereocenters. The highest BCUT2D eigenvalue weighted by Gasteiger charge is 2.23. The zero-order valence-electron chi connectivity index (χ0n) is 15.1. The molecule has 2 aliphatic heterocycles. The third kappa shape index (κ3) is 3.81. The van der Waals surface area contributed by atoms with Crippen molar-refractivity contribution in [3.8, 4) is 0 Å². The Morgan fingerprint density at radius 1 is 0.923 bits per heavy atom. The van der Waals surface area contributed by atoms with E-state index in [-0.39, 0.29) is 5.91 Å². The first-order valence-electron chi connectivity index (χ1n) is 9.51. The molecule has 7 heteroatoms. The highest BCUT2D eigenvalue weighted by atomic mass is 16.2. The number of piperidine rings is 1. The van der Waals surface area contributed by atoms with Crippen LogP contribution in [0.25, 0.3) is 0 Å². The SMILES string of the molecule is O=C(Cn1cccc1)N1CCN(c2ccnc(N3CCCCC3)n2)CC1. The molecule has 0 N–H and O–H groups in total. The van der Waals surface area contributed by atoms with Crippen LogP contribution in [0.4, 0.5) is 11.8 Å². The van der Waals surface area contributed by atoms with Gasteiger partial charge in [0.05, 0.1) is 0 Å². The topological polar surface area (TPSA) is 57.5 Å². The summed E-state index contributed by atoms with van der Waals surface area (Å²) in [6, 6.07) is 5.87. The molecule has 0 aromatic carbocycles. The van der Waals surface area contributed by atoms with Crippen LogP contribution in [-0.2, 0) is 11.3 Å². The van der Waals surface area contributed by atoms with Gasteiger partial charge in [0.25, 0.3) is 0 Å². The number of nitrogens with zero attached hydrogens (tertiary/aromatic N) is 6. The van der Waals surface area contributed by atoms with E-state index in [1.807, 2.05) is 46.3 Å². The Bertz CT molecular complexity index is 717. The van der Waals surface area contributed by atoms with Gasteiger partial charge in [-0.05, 0) is 37.5 Å². The molecule has 2 fully saturated rings. The Hall–Kier alpha value is -2.57. The molecule has 2 aromatic rings. The van der Waals surface area contributed by atoms with Crippen molar-refractivity contribution in [2.45, 2.75) is 25.8 Å². The van der Waals surface area contributed by atoms with Gasteiger partial charge >= 0.3 is 0 Å². The summed E-state index contributed by atoms with van der Waals surface area (Å²) in [6.45, 7) is 5.61. The molecule has 0 bridgehead atoms. The van der Waals surface area contributed by atoms with Crippen LogP contribution in [-0.4, -0.2) is 64.6 Å². The zero-order chi connectivity index (χ0) is 17.8. The summed E-state index contributed by atoms with van der Waals surface area (Å²) in [7, 11) is 0. The lowest BCUT2D eigenvalue weighted by molar-refractivity contribution is -0.132. The number of piperazine rings is 1. The Kier molecular flexibility index (Phi) is 5.04. The summed E-state index contributed by atoms with van der Waals surface area (Å²) in [5.74, 6) is 1.99. The Balaban J connectivity index is 1.35. The highest BCUT2D eigenvalue weighted by molar-refractivity contribution is 5.76. The van der Waals surface area contributed by atoms with Crippen molar-refractivity contribution in [3.63, 3.8) is 0 Å². The predicted molar refractivity (Wildman–Crippen MR) is 101 cm³/mol. The monoisotopic (exact) mass is 354 g/mol. The van der Waals surface area contributed by atoms with E-state index in [4.69, 9.17) is 4.98 Å². The maximum Gasteiger partial charge on any atom is 0.242 e. The van der Waals surface area contributed by atoms with Crippen LogP contribution in [0.3, 0.4) is 0 Å². The van der Waals surface area contributed by atoms with Crippen molar-refractivity contribution in [2.24, 2.45) is 0 Å². The number of anilines is 2. The standard InChI is InChI=1S/C19H26N6O/c26-18(16-22-8-4-5-9-22)24-14-12-23(13-15-24)17-6-7-20-19(21-17)25-10-2-1-3-11-25/h4-9H,1-3,10-16H2. The molecular weight excluding hydrogens is 328 g/mol. The largest absolute Gasteiger partial charge is 0.353 e. The summed E-state index contributed by atoms with van der Waals surface area (Å²) in [6.07, 6.45) is 9.45. The zero-order valence-corrected chi connectivity index (χ0v) is 15.1. The van der Waals surface area contributed by atoms with E-state index < -0.39 is 0 Å². The summed E-state index contributed by atoms with van der Waals surface area (Å²) in [5, 5.41) is 0. The average Bonchev–Trinajstić information content (AvgIpc) is 3.22. The molecule has 2 saturated heterocycles. The number of rotatable bonds is 4. The van der Waals surface area contributed by atoms with E-state index in [0.29, 0.717) is 6.54 Å². The van der Waals surface area contributed by atoms with Gasteiger partial charge in [-0.25, -0.2) is 4.98 Å². The van der Waals surface area contributed by atoms with E-state index in [9.17, 15) is 4.79 Å². The minimum absolute atomic E-state index is 0.178. The smallest absolute Gasteiger partial charge is 0.242 e. The quantitative estimate of drug-likeness (QED) is 0.835.